The number of hydrogen-bond acceptors (Lipinski definition) is 1. The van der Waals surface area contributed by atoms with Crippen molar-refractivity contribution < 1.29 is 0 Å². The summed E-state index contributed by atoms with van der Waals surface area (Å²) < 4.78 is 0. The highest BCUT2D eigenvalue weighted by molar-refractivity contribution is 6.30. The molecule has 0 aliphatic heterocycles. The minimum absolute atomic E-state index is 0.622. The van der Waals surface area contributed by atoms with E-state index in [1.54, 1.807) is 0 Å². The third-order valence-corrected chi connectivity index (χ3v) is 3.52. The van der Waals surface area contributed by atoms with Crippen LogP contribution in [-0.2, 0) is 0 Å². The zero-order valence-corrected chi connectivity index (χ0v) is 9.93. The SMILES string of the molecule is CC1CCCCC1Nc1cccc(Cl)c1. The normalized spacial score (nSPS) is 26.3. The Bertz CT molecular complexity index is 324. The van der Waals surface area contributed by atoms with Crippen LogP contribution in [0.25, 0.3) is 0 Å². The lowest BCUT2D eigenvalue weighted by atomic mass is 9.86. The summed E-state index contributed by atoms with van der Waals surface area (Å²) in [5.41, 5.74) is 1.15. The highest BCUT2D eigenvalue weighted by atomic mass is 35.5. The lowest BCUT2D eigenvalue weighted by molar-refractivity contribution is 0.349. The fourth-order valence-electron chi connectivity index (χ4n) is 2.32. The summed E-state index contributed by atoms with van der Waals surface area (Å²) in [7, 11) is 0. The summed E-state index contributed by atoms with van der Waals surface area (Å²) in [6.07, 6.45) is 5.36. The largest absolute Gasteiger partial charge is 0.382 e. The van der Waals surface area contributed by atoms with Crippen LogP contribution < -0.4 is 5.32 Å². The van der Waals surface area contributed by atoms with Crippen LogP contribution in [0.5, 0.6) is 0 Å². The van der Waals surface area contributed by atoms with E-state index in [4.69, 9.17) is 11.6 Å². The highest BCUT2D eigenvalue weighted by Gasteiger charge is 2.20. The average molecular weight is 224 g/mol. The van der Waals surface area contributed by atoms with Gasteiger partial charge >= 0.3 is 0 Å². The zero-order valence-electron chi connectivity index (χ0n) is 9.17. The molecule has 0 aromatic heterocycles. The third-order valence-electron chi connectivity index (χ3n) is 3.29. The summed E-state index contributed by atoms with van der Waals surface area (Å²) in [6.45, 7) is 2.33. The lowest BCUT2D eigenvalue weighted by Crippen LogP contribution is -2.30. The van der Waals surface area contributed by atoms with E-state index in [1.165, 1.54) is 25.7 Å². The maximum absolute atomic E-state index is 5.96. The van der Waals surface area contributed by atoms with Crippen molar-refractivity contribution in [2.24, 2.45) is 5.92 Å². The molecule has 1 nitrogen and oxygen atoms in total. The second-order valence-corrected chi connectivity index (χ2v) is 4.96. The number of nitrogens with one attached hydrogen (secondary N) is 1. The molecule has 0 bridgehead atoms. The van der Waals surface area contributed by atoms with Crippen LogP contribution in [0.3, 0.4) is 0 Å². The molecule has 1 aromatic rings. The maximum atomic E-state index is 5.96. The van der Waals surface area contributed by atoms with Crippen molar-refractivity contribution in [3.8, 4) is 0 Å². The van der Waals surface area contributed by atoms with Gasteiger partial charge in [-0.25, -0.2) is 0 Å². The van der Waals surface area contributed by atoms with Crippen molar-refractivity contribution in [3.05, 3.63) is 29.3 Å². The molecule has 0 amide bonds. The van der Waals surface area contributed by atoms with Crippen molar-refractivity contribution in [3.63, 3.8) is 0 Å². The molecule has 2 heteroatoms. The molecule has 0 spiro atoms. The van der Waals surface area contributed by atoms with E-state index in [1.807, 2.05) is 18.2 Å². The van der Waals surface area contributed by atoms with Crippen molar-refractivity contribution in [1.29, 1.82) is 0 Å². The molecule has 0 heterocycles. The molecule has 2 rings (SSSR count). The maximum Gasteiger partial charge on any atom is 0.0426 e. The molecule has 0 radical (unpaired) electrons. The molecule has 82 valence electrons. The molecule has 0 saturated heterocycles. The van der Waals surface area contributed by atoms with E-state index < -0.39 is 0 Å². The molecule has 15 heavy (non-hydrogen) atoms. The number of rotatable bonds is 2. The number of benzene rings is 1. The van der Waals surface area contributed by atoms with Crippen LogP contribution in [0.2, 0.25) is 5.02 Å². The van der Waals surface area contributed by atoms with E-state index in [0.717, 1.165) is 16.6 Å². The Balaban J connectivity index is 2.01. The molecule has 2 atom stereocenters. The number of halogens is 1. The molecule has 1 aliphatic rings. The zero-order chi connectivity index (χ0) is 10.7. The van der Waals surface area contributed by atoms with E-state index in [0.29, 0.717) is 6.04 Å². The Hall–Kier alpha value is -0.690. The third kappa shape index (κ3) is 2.88. The lowest BCUT2D eigenvalue weighted by Gasteiger charge is -2.30. The molecule has 2 unspecified atom stereocenters. The van der Waals surface area contributed by atoms with Gasteiger partial charge in [0.2, 0.25) is 0 Å². The Morgan fingerprint density at radius 2 is 2.07 bits per heavy atom. The summed E-state index contributed by atoms with van der Waals surface area (Å²) in [6, 6.07) is 8.63. The summed E-state index contributed by atoms with van der Waals surface area (Å²) >= 11 is 5.96. The Labute approximate surface area is 96.8 Å². The summed E-state index contributed by atoms with van der Waals surface area (Å²) in [5.74, 6) is 0.776. The van der Waals surface area contributed by atoms with E-state index in [9.17, 15) is 0 Å². The Morgan fingerprint density at radius 3 is 2.80 bits per heavy atom. The second kappa shape index (κ2) is 4.89. The van der Waals surface area contributed by atoms with Crippen LogP contribution in [0.4, 0.5) is 5.69 Å². The molecule has 1 N–H and O–H groups in total. The first-order chi connectivity index (χ1) is 7.25. The first-order valence-corrected chi connectivity index (χ1v) is 6.15. The van der Waals surface area contributed by atoms with Crippen LogP contribution in [0.1, 0.15) is 32.6 Å². The monoisotopic (exact) mass is 223 g/mol. The standard InChI is InChI=1S/C13H18ClN/c1-10-5-2-3-8-13(10)15-12-7-4-6-11(14)9-12/h4,6-7,9-10,13,15H,2-3,5,8H2,1H3. The quantitative estimate of drug-likeness (QED) is 0.787. The molecular formula is C13H18ClN. The molecular weight excluding hydrogens is 206 g/mol. The average Bonchev–Trinajstić information content (AvgIpc) is 2.22. The van der Waals surface area contributed by atoms with Crippen LogP contribution in [0.15, 0.2) is 24.3 Å². The molecule has 1 aliphatic carbocycles. The smallest absolute Gasteiger partial charge is 0.0426 e. The van der Waals surface area contributed by atoms with Gasteiger partial charge in [0.15, 0.2) is 0 Å². The fraction of sp³-hybridized carbons (Fsp3) is 0.538. The van der Waals surface area contributed by atoms with Gasteiger partial charge in [-0.15, -0.1) is 0 Å². The number of anilines is 1. The van der Waals surface area contributed by atoms with Gasteiger partial charge in [-0.05, 0) is 37.0 Å². The first kappa shape index (κ1) is 10.8. The van der Waals surface area contributed by atoms with Gasteiger partial charge in [-0.1, -0.05) is 37.4 Å². The minimum atomic E-state index is 0.622. The second-order valence-electron chi connectivity index (χ2n) is 4.52. The number of hydrogen-bond donors (Lipinski definition) is 1. The fourth-order valence-corrected chi connectivity index (χ4v) is 2.51. The molecule has 1 aromatic carbocycles. The predicted molar refractivity (Wildman–Crippen MR) is 66.5 cm³/mol. The van der Waals surface area contributed by atoms with E-state index in [-0.39, 0.29) is 0 Å². The summed E-state index contributed by atoms with van der Waals surface area (Å²) in [5, 5.41) is 4.40. The van der Waals surface area contributed by atoms with Crippen molar-refractivity contribution >= 4 is 17.3 Å². The first-order valence-electron chi connectivity index (χ1n) is 5.78. The Morgan fingerprint density at radius 1 is 1.27 bits per heavy atom. The van der Waals surface area contributed by atoms with Gasteiger partial charge in [0.25, 0.3) is 0 Å². The van der Waals surface area contributed by atoms with Gasteiger partial charge in [0, 0.05) is 16.8 Å². The molecule has 1 fully saturated rings. The highest BCUT2D eigenvalue weighted by Crippen LogP contribution is 2.27. The van der Waals surface area contributed by atoms with E-state index >= 15 is 0 Å². The van der Waals surface area contributed by atoms with Gasteiger partial charge in [0.1, 0.15) is 0 Å². The van der Waals surface area contributed by atoms with E-state index in [2.05, 4.69) is 18.3 Å². The van der Waals surface area contributed by atoms with Crippen molar-refractivity contribution in [1.82, 2.24) is 0 Å². The topological polar surface area (TPSA) is 12.0 Å². The van der Waals surface area contributed by atoms with Crippen LogP contribution >= 0.6 is 11.6 Å². The van der Waals surface area contributed by atoms with Gasteiger partial charge < -0.3 is 5.32 Å². The summed E-state index contributed by atoms with van der Waals surface area (Å²) in [4.78, 5) is 0. The van der Waals surface area contributed by atoms with Gasteiger partial charge in [-0.3, -0.25) is 0 Å². The van der Waals surface area contributed by atoms with Crippen LogP contribution in [0, 0.1) is 5.92 Å². The minimum Gasteiger partial charge on any atom is -0.382 e. The van der Waals surface area contributed by atoms with Gasteiger partial charge in [0.05, 0.1) is 0 Å². The predicted octanol–water partition coefficient (Wildman–Crippen LogP) is 4.33. The van der Waals surface area contributed by atoms with Crippen molar-refractivity contribution in [2.75, 3.05) is 5.32 Å². The van der Waals surface area contributed by atoms with Crippen molar-refractivity contribution in [2.45, 2.75) is 38.6 Å². The van der Waals surface area contributed by atoms with Crippen LogP contribution in [-0.4, -0.2) is 6.04 Å². The van der Waals surface area contributed by atoms with Gasteiger partial charge in [-0.2, -0.15) is 0 Å². The Kier molecular flexibility index (Phi) is 3.53. The molecule has 1 saturated carbocycles.